The van der Waals surface area contributed by atoms with Crippen LogP contribution in [0.15, 0.2) is 0 Å². The second kappa shape index (κ2) is 6.89. The minimum Gasteiger partial charge on any atom is -0.274 e. The summed E-state index contributed by atoms with van der Waals surface area (Å²) in [7, 11) is 1.76. The van der Waals surface area contributed by atoms with E-state index in [9.17, 15) is 4.79 Å². The van der Waals surface area contributed by atoms with Crippen LogP contribution in [0.4, 0.5) is 0 Å². The van der Waals surface area contributed by atoms with Gasteiger partial charge in [0.1, 0.15) is 0 Å². The molecule has 0 saturated heterocycles. The van der Waals surface area contributed by atoms with E-state index in [1.165, 1.54) is 0 Å². The highest BCUT2D eigenvalue weighted by molar-refractivity contribution is 5.73. The third-order valence-corrected chi connectivity index (χ3v) is 2.01. The summed E-state index contributed by atoms with van der Waals surface area (Å²) in [6.45, 7) is 11.7. The van der Waals surface area contributed by atoms with E-state index in [1.807, 2.05) is 27.7 Å². The van der Waals surface area contributed by atoms with E-state index >= 15 is 0 Å². The number of nitrogens with zero attached hydrogens (tertiary/aromatic N) is 1. The van der Waals surface area contributed by atoms with Crippen molar-refractivity contribution in [2.45, 2.75) is 53.5 Å². The quantitative estimate of drug-likeness (QED) is 0.688. The molecule has 0 aliphatic rings. The van der Waals surface area contributed by atoms with E-state index in [4.69, 9.17) is 0 Å². The van der Waals surface area contributed by atoms with Crippen LogP contribution < -0.4 is 5.43 Å². The van der Waals surface area contributed by atoms with Crippen molar-refractivity contribution in [1.29, 1.82) is 0 Å². The molecule has 1 N–H and O–H groups in total. The van der Waals surface area contributed by atoms with E-state index in [0.29, 0.717) is 0 Å². The number of amides is 1. The van der Waals surface area contributed by atoms with Gasteiger partial charge in [-0.3, -0.25) is 9.80 Å². The minimum absolute atomic E-state index is 0.0550. The van der Waals surface area contributed by atoms with Crippen molar-refractivity contribution >= 4 is 5.91 Å². The first kappa shape index (κ1) is 14.9. The van der Waals surface area contributed by atoms with Crippen LogP contribution in [-0.2, 0) is 4.79 Å². The van der Waals surface area contributed by atoms with Crippen LogP contribution in [0.5, 0.6) is 0 Å². The molecule has 0 aromatic rings. The molecule has 3 heteroatoms. The average Bonchev–Trinajstić information content (AvgIpc) is 2.08. The summed E-state index contributed by atoms with van der Waals surface area (Å²) < 4.78 is 0. The Kier molecular flexibility index (Phi) is 7.92. The predicted octanol–water partition coefficient (Wildman–Crippen LogP) is 2.18. The van der Waals surface area contributed by atoms with Gasteiger partial charge in [0, 0.05) is 14.0 Å². The maximum atomic E-state index is 11.0. The van der Waals surface area contributed by atoms with Crippen molar-refractivity contribution in [3.05, 3.63) is 0 Å². The highest BCUT2D eigenvalue weighted by atomic mass is 16.2. The summed E-state index contributed by atoms with van der Waals surface area (Å²) in [5.41, 5.74) is 2.78. The summed E-state index contributed by atoms with van der Waals surface area (Å²) in [6.07, 6.45) is 0.938. The smallest absolute Gasteiger partial charge is 0.234 e. The minimum atomic E-state index is -0.0966. The molecule has 0 heterocycles. The highest BCUT2D eigenvalue weighted by Gasteiger charge is 2.25. The molecule has 0 bridgehead atoms. The van der Waals surface area contributed by atoms with E-state index in [0.717, 1.165) is 6.42 Å². The van der Waals surface area contributed by atoms with Crippen LogP contribution >= 0.6 is 0 Å². The fourth-order valence-corrected chi connectivity index (χ4v) is 1.04. The number of hydrazine groups is 1. The molecule has 0 aromatic carbocycles. The largest absolute Gasteiger partial charge is 0.274 e. The van der Waals surface area contributed by atoms with E-state index in [2.05, 4.69) is 12.3 Å². The Morgan fingerprint density at radius 3 is 1.85 bits per heavy atom. The molecule has 13 heavy (non-hydrogen) atoms. The van der Waals surface area contributed by atoms with Crippen LogP contribution in [0.2, 0.25) is 0 Å². The Balaban J connectivity index is 0. The molecule has 0 fully saturated rings. The molecule has 0 radical (unpaired) electrons. The summed E-state index contributed by atoms with van der Waals surface area (Å²) in [5, 5.41) is 1.65. The number of carbonyl (C=O) groups is 1. The molecule has 0 atom stereocenters. The van der Waals surface area contributed by atoms with Gasteiger partial charge < -0.3 is 0 Å². The van der Waals surface area contributed by atoms with E-state index in [-0.39, 0.29) is 11.4 Å². The van der Waals surface area contributed by atoms with Gasteiger partial charge in [-0.25, -0.2) is 5.43 Å². The zero-order valence-corrected chi connectivity index (χ0v) is 10.1. The summed E-state index contributed by atoms with van der Waals surface area (Å²) >= 11 is 0. The lowest BCUT2D eigenvalue weighted by Gasteiger charge is -2.36. The number of rotatable bonds is 3. The first-order valence-electron chi connectivity index (χ1n) is 4.94. The Morgan fingerprint density at radius 1 is 1.38 bits per heavy atom. The monoisotopic (exact) mass is 188 g/mol. The van der Waals surface area contributed by atoms with Crippen LogP contribution in [0.3, 0.4) is 0 Å². The third-order valence-electron chi connectivity index (χ3n) is 2.01. The number of hydrogen-bond acceptors (Lipinski definition) is 2. The molecule has 80 valence electrons. The normalized spacial score (nSPS) is 10.1. The summed E-state index contributed by atoms with van der Waals surface area (Å²) in [6, 6.07) is 0. The Hall–Kier alpha value is -0.570. The molecule has 0 aliphatic heterocycles. The third kappa shape index (κ3) is 4.88. The lowest BCUT2D eigenvalue weighted by molar-refractivity contribution is -0.138. The van der Waals surface area contributed by atoms with Gasteiger partial charge in [-0.15, -0.1) is 0 Å². The SMILES string of the molecule is CC.CCC(C)(C)N(NC)C(C)=O. The molecular formula is C10H24N2O. The Bertz CT molecular complexity index is 144. The van der Waals surface area contributed by atoms with Gasteiger partial charge in [-0.2, -0.15) is 0 Å². The molecule has 3 nitrogen and oxygen atoms in total. The number of hydrogen-bond donors (Lipinski definition) is 1. The number of nitrogens with one attached hydrogen (secondary N) is 1. The van der Waals surface area contributed by atoms with Gasteiger partial charge in [-0.05, 0) is 20.3 Å². The first-order valence-corrected chi connectivity index (χ1v) is 4.94. The lowest BCUT2D eigenvalue weighted by Crippen LogP contribution is -2.52. The van der Waals surface area contributed by atoms with Gasteiger partial charge >= 0.3 is 0 Å². The van der Waals surface area contributed by atoms with Crippen molar-refractivity contribution < 1.29 is 4.79 Å². The highest BCUT2D eigenvalue weighted by Crippen LogP contribution is 2.15. The van der Waals surface area contributed by atoms with E-state index < -0.39 is 0 Å². The maximum Gasteiger partial charge on any atom is 0.234 e. The van der Waals surface area contributed by atoms with Crippen LogP contribution in [0, 0.1) is 0 Å². The van der Waals surface area contributed by atoms with Crippen LogP contribution in [0.1, 0.15) is 48.0 Å². The van der Waals surface area contributed by atoms with Crippen LogP contribution in [0.25, 0.3) is 0 Å². The molecule has 0 saturated carbocycles. The van der Waals surface area contributed by atoms with Crippen molar-refractivity contribution in [2.24, 2.45) is 0 Å². The zero-order valence-electron chi connectivity index (χ0n) is 10.1. The number of carbonyl (C=O) groups excluding carboxylic acids is 1. The topological polar surface area (TPSA) is 32.3 Å². The summed E-state index contributed by atoms with van der Waals surface area (Å²) in [5.74, 6) is 0.0550. The molecule has 0 rings (SSSR count). The van der Waals surface area contributed by atoms with Gasteiger partial charge in [-0.1, -0.05) is 20.8 Å². The summed E-state index contributed by atoms with van der Waals surface area (Å²) in [4.78, 5) is 11.0. The van der Waals surface area contributed by atoms with E-state index in [1.54, 1.807) is 19.0 Å². The van der Waals surface area contributed by atoms with Crippen LogP contribution in [-0.4, -0.2) is 23.5 Å². The second-order valence-corrected chi connectivity index (χ2v) is 3.24. The lowest BCUT2D eigenvalue weighted by atomic mass is 10.0. The van der Waals surface area contributed by atoms with Crippen molar-refractivity contribution in [3.8, 4) is 0 Å². The van der Waals surface area contributed by atoms with Gasteiger partial charge in [0.25, 0.3) is 0 Å². The van der Waals surface area contributed by atoms with Crippen molar-refractivity contribution in [1.82, 2.24) is 10.4 Å². The average molecular weight is 188 g/mol. The van der Waals surface area contributed by atoms with Crippen molar-refractivity contribution in [2.75, 3.05) is 7.05 Å². The molecule has 0 aromatic heterocycles. The second-order valence-electron chi connectivity index (χ2n) is 3.24. The first-order chi connectivity index (χ1) is 5.95. The molecule has 0 aliphatic carbocycles. The Morgan fingerprint density at radius 2 is 1.77 bits per heavy atom. The molecule has 1 amide bonds. The molecular weight excluding hydrogens is 164 g/mol. The standard InChI is InChI=1S/C8H18N2O.C2H6/c1-6-8(3,4)10(9-5)7(2)11;1-2/h9H,6H2,1-5H3;1-2H3. The predicted molar refractivity (Wildman–Crippen MR) is 57.3 cm³/mol. The fourth-order valence-electron chi connectivity index (χ4n) is 1.04. The Labute approximate surface area is 82.5 Å². The van der Waals surface area contributed by atoms with Crippen molar-refractivity contribution in [3.63, 3.8) is 0 Å². The molecule has 0 spiro atoms. The van der Waals surface area contributed by atoms with Gasteiger partial charge in [0.05, 0.1) is 5.54 Å². The maximum absolute atomic E-state index is 11.0. The molecule has 0 unspecified atom stereocenters. The van der Waals surface area contributed by atoms with Gasteiger partial charge in [0.15, 0.2) is 0 Å². The van der Waals surface area contributed by atoms with Gasteiger partial charge in [0.2, 0.25) is 5.91 Å². The zero-order chi connectivity index (χ0) is 11.1. The fraction of sp³-hybridized carbons (Fsp3) is 0.900.